The molecule has 1 unspecified atom stereocenters. The van der Waals surface area contributed by atoms with Crippen LogP contribution in [0.2, 0.25) is 0 Å². The molecule has 6 heteroatoms. The highest BCUT2D eigenvalue weighted by molar-refractivity contribution is 5.76. The second-order valence-corrected chi connectivity index (χ2v) is 5.95. The minimum atomic E-state index is -0.00388. The van der Waals surface area contributed by atoms with Crippen LogP contribution < -0.4 is 5.32 Å². The molecule has 2 aromatic rings. The summed E-state index contributed by atoms with van der Waals surface area (Å²) in [7, 11) is 0. The lowest BCUT2D eigenvalue weighted by atomic mass is 9.98. The third kappa shape index (κ3) is 4.39. The lowest BCUT2D eigenvalue weighted by molar-refractivity contribution is -0.123. The second-order valence-electron chi connectivity index (χ2n) is 5.95. The Labute approximate surface area is 135 Å². The van der Waals surface area contributed by atoms with Crippen molar-refractivity contribution in [2.45, 2.75) is 32.7 Å². The van der Waals surface area contributed by atoms with Crippen LogP contribution >= 0.6 is 0 Å². The van der Waals surface area contributed by atoms with Crippen molar-refractivity contribution in [1.82, 2.24) is 15.5 Å². The number of rotatable bonds is 5. The van der Waals surface area contributed by atoms with Gasteiger partial charge in [-0.1, -0.05) is 28.9 Å². The van der Waals surface area contributed by atoms with Gasteiger partial charge in [-0.05, 0) is 31.7 Å². The molecular weight excluding hydrogens is 294 g/mol. The SMILES string of the molecule is Cc1cccc(-c2noc(CNC(=O)CC3CCCOC3)n2)c1. The van der Waals surface area contributed by atoms with E-state index in [0.29, 0.717) is 30.7 Å². The number of aryl methyl sites for hydroxylation is 1. The first-order valence-electron chi connectivity index (χ1n) is 7.95. The number of carbonyl (C=O) groups is 1. The Morgan fingerprint density at radius 3 is 3.13 bits per heavy atom. The molecule has 1 aromatic carbocycles. The minimum Gasteiger partial charge on any atom is -0.381 e. The third-order valence-corrected chi connectivity index (χ3v) is 3.91. The van der Waals surface area contributed by atoms with Crippen molar-refractivity contribution in [2.75, 3.05) is 13.2 Å². The summed E-state index contributed by atoms with van der Waals surface area (Å²) in [4.78, 5) is 16.3. The molecule has 0 spiro atoms. The first-order valence-corrected chi connectivity index (χ1v) is 7.95. The Hall–Kier alpha value is -2.21. The van der Waals surface area contributed by atoms with Gasteiger partial charge in [-0.2, -0.15) is 4.98 Å². The number of benzene rings is 1. The predicted molar refractivity (Wildman–Crippen MR) is 84.5 cm³/mol. The van der Waals surface area contributed by atoms with Crippen LogP contribution in [0, 0.1) is 12.8 Å². The van der Waals surface area contributed by atoms with Crippen LogP contribution in [-0.4, -0.2) is 29.3 Å². The Bertz CT molecular complexity index is 663. The van der Waals surface area contributed by atoms with Crippen LogP contribution in [0.1, 0.15) is 30.7 Å². The summed E-state index contributed by atoms with van der Waals surface area (Å²) in [5.41, 5.74) is 2.04. The molecule has 122 valence electrons. The maximum Gasteiger partial charge on any atom is 0.246 e. The number of nitrogens with one attached hydrogen (secondary N) is 1. The highest BCUT2D eigenvalue weighted by atomic mass is 16.5. The fourth-order valence-corrected chi connectivity index (χ4v) is 2.71. The fourth-order valence-electron chi connectivity index (χ4n) is 2.71. The second kappa shape index (κ2) is 7.37. The molecule has 0 bridgehead atoms. The van der Waals surface area contributed by atoms with Crippen molar-refractivity contribution in [3.8, 4) is 11.4 Å². The van der Waals surface area contributed by atoms with Gasteiger partial charge in [0.25, 0.3) is 0 Å². The van der Waals surface area contributed by atoms with Crippen LogP contribution in [0.3, 0.4) is 0 Å². The van der Waals surface area contributed by atoms with Gasteiger partial charge < -0.3 is 14.6 Å². The first-order chi connectivity index (χ1) is 11.2. The van der Waals surface area contributed by atoms with Crippen molar-refractivity contribution in [2.24, 2.45) is 5.92 Å². The molecule has 1 aromatic heterocycles. The van der Waals surface area contributed by atoms with E-state index < -0.39 is 0 Å². The summed E-state index contributed by atoms with van der Waals surface area (Å²) in [5, 5.41) is 6.80. The Balaban J connectivity index is 1.52. The van der Waals surface area contributed by atoms with E-state index in [1.165, 1.54) is 0 Å². The Morgan fingerprint density at radius 2 is 2.35 bits per heavy atom. The normalized spacial score (nSPS) is 17.9. The van der Waals surface area contributed by atoms with Crippen molar-refractivity contribution >= 4 is 5.91 Å². The quantitative estimate of drug-likeness (QED) is 0.917. The number of nitrogens with zero attached hydrogens (tertiary/aromatic N) is 2. The zero-order valence-electron chi connectivity index (χ0n) is 13.2. The molecule has 1 saturated heterocycles. The van der Waals surface area contributed by atoms with E-state index in [4.69, 9.17) is 9.26 Å². The molecule has 23 heavy (non-hydrogen) atoms. The van der Waals surface area contributed by atoms with Crippen LogP contribution in [0.5, 0.6) is 0 Å². The Kier molecular flexibility index (Phi) is 5.02. The maximum absolute atomic E-state index is 11.9. The van der Waals surface area contributed by atoms with Gasteiger partial charge in [0.15, 0.2) is 0 Å². The predicted octanol–water partition coefficient (Wildman–Crippen LogP) is 2.48. The molecule has 2 heterocycles. The van der Waals surface area contributed by atoms with E-state index in [9.17, 15) is 4.79 Å². The summed E-state index contributed by atoms with van der Waals surface area (Å²) < 4.78 is 10.6. The summed E-state index contributed by atoms with van der Waals surface area (Å²) in [6, 6.07) is 7.90. The molecular formula is C17H21N3O3. The monoisotopic (exact) mass is 315 g/mol. The number of ether oxygens (including phenoxy) is 1. The van der Waals surface area contributed by atoms with Crippen LogP contribution in [0.4, 0.5) is 0 Å². The van der Waals surface area contributed by atoms with Gasteiger partial charge in [0.05, 0.1) is 6.54 Å². The molecule has 0 saturated carbocycles. The van der Waals surface area contributed by atoms with E-state index in [1.807, 2.05) is 31.2 Å². The van der Waals surface area contributed by atoms with Gasteiger partial charge in [-0.15, -0.1) is 0 Å². The summed E-state index contributed by atoms with van der Waals surface area (Å²) in [5.74, 6) is 1.26. The highest BCUT2D eigenvalue weighted by Gasteiger charge is 2.18. The lowest BCUT2D eigenvalue weighted by Crippen LogP contribution is -2.28. The van der Waals surface area contributed by atoms with E-state index in [2.05, 4.69) is 15.5 Å². The average Bonchev–Trinajstić information content (AvgIpc) is 3.03. The average molecular weight is 315 g/mol. The molecule has 6 nitrogen and oxygen atoms in total. The zero-order valence-corrected chi connectivity index (χ0v) is 13.2. The number of hydrogen-bond acceptors (Lipinski definition) is 5. The highest BCUT2D eigenvalue weighted by Crippen LogP contribution is 2.18. The number of carbonyl (C=O) groups excluding carboxylic acids is 1. The fraction of sp³-hybridized carbons (Fsp3) is 0.471. The first kappa shape index (κ1) is 15.7. The van der Waals surface area contributed by atoms with E-state index >= 15 is 0 Å². The van der Waals surface area contributed by atoms with Crippen molar-refractivity contribution < 1.29 is 14.1 Å². The van der Waals surface area contributed by atoms with Crippen molar-refractivity contribution in [1.29, 1.82) is 0 Å². The molecule has 0 radical (unpaired) electrons. The zero-order chi connectivity index (χ0) is 16.1. The van der Waals surface area contributed by atoms with E-state index in [1.54, 1.807) is 0 Å². The molecule has 0 aliphatic carbocycles. The smallest absolute Gasteiger partial charge is 0.246 e. The van der Waals surface area contributed by atoms with Gasteiger partial charge in [-0.3, -0.25) is 4.79 Å². The van der Waals surface area contributed by atoms with Crippen LogP contribution in [0.15, 0.2) is 28.8 Å². The molecule has 1 aliphatic heterocycles. The van der Waals surface area contributed by atoms with Gasteiger partial charge >= 0.3 is 0 Å². The van der Waals surface area contributed by atoms with Gasteiger partial charge in [-0.25, -0.2) is 0 Å². The Morgan fingerprint density at radius 1 is 1.43 bits per heavy atom. The molecule has 1 atom stereocenters. The maximum atomic E-state index is 11.9. The topological polar surface area (TPSA) is 77.2 Å². The molecule has 1 fully saturated rings. The van der Waals surface area contributed by atoms with Gasteiger partial charge in [0, 0.05) is 25.2 Å². The van der Waals surface area contributed by atoms with Crippen LogP contribution in [0.25, 0.3) is 11.4 Å². The van der Waals surface area contributed by atoms with Crippen molar-refractivity contribution in [3.63, 3.8) is 0 Å². The van der Waals surface area contributed by atoms with E-state index in [-0.39, 0.29) is 12.5 Å². The number of aromatic nitrogens is 2. The molecule has 1 amide bonds. The number of amides is 1. The standard InChI is InChI=1S/C17H21N3O3/c1-12-4-2-6-14(8-12)17-19-16(23-20-17)10-18-15(21)9-13-5-3-7-22-11-13/h2,4,6,8,13H,3,5,7,9-11H2,1H3,(H,18,21). The number of hydrogen-bond donors (Lipinski definition) is 1. The molecule has 3 rings (SSSR count). The van der Waals surface area contributed by atoms with Gasteiger partial charge in [0.2, 0.25) is 17.6 Å². The molecule has 1 N–H and O–H groups in total. The largest absolute Gasteiger partial charge is 0.381 e. The summed E-state index contributed by atoms with van der Waals surface area (Å²) in [6.45, 7) is 3.75. The molecule has 1 aliphatic rings. The van der Waals surface area contributed by atoms with Crippen LogP contribution in [-0.2, 0) is 16.1 Å². The van der Waals surface area contributed by atoms with Crippen molar-refractivity contribution in [3.05, 3.63) is 35.7 Å². The summed E-state index contributed by atoms with van der Waals surface area (Å²) >= 11 is 0. The third-order valence-electron chi connectivity index (χ3n) is 3.91. The van der Waals surface area contributed by atoms with E-state index in [0.717, 1.165) is 30.6 Å². The minimum absolute atomic E-state index is 0.00388. The summed E-state index contributed by atoms with van der Waals surface area (Å²) in [6.07, 6.45) is 2.56. The lowest BCUT2D eigenvalue weighted by Gasteiger charge is -2.21. The van der Waals surface area contributed by atoms with Gasteiger partial charge in [0.1, 0.15) is 0 Å².